The Morgan fingerprint density at radius 2 is 2.04 bits per heavy atom. The topological polar surface area (TPSA) is 49.4 Å². The maximum absolute atomic E-state index is 12.8. The van der Waals surface area contributed by atoms with E-state index >= 15 is 0 Å². The molecule has 1 fully saturated rings. The summed E-state index contributed by atoms with van der Waals surface area (Å²) in [5, 5.41) is 4.45. The predicted molar refractivity (Wildman–Crippen MR) is 91.7 cm³/mol. The Hall–Kier alpha value is -2.35. The lowest BCUT2D eigenvalue weighted by molar-refractivity contribution is -0.137. The predicted octanol–water partition coefficient (Wildman–Crippen LogP) is 3.69. The molecule has 138 valence electrons. The molecular formula is C18H17F3N2O2S. The number of carbonyl (C=O) groups excluding carboxylic acids is 2. The minimum absolute atomic E-state index is 0.0136. The number of carbonyl (C=O) groups is 2. The molecule has 1 saturated heterocycles. The zero-order valence-electron chi connectivity index (χ0n) is 13.8. The number of likely N-dealkylation sites (tertiary alicyclic amines) is 1. The quantitative estimate of drug-likeness (QED) is 0.877. The van der Waals surface area contributed by atoms with Gasteiger partial charge in [-0.15, -0.1) is 11.3 Å². The second-order valence-corrected chi connectivity index (χ2v) is 7.00. The van der Waals surface area contributed by atoms with Crippen molar-refractivity contribution in [1.82, 2.24) is 10.2 Å². The maximum atomic E-state index is 12.8. The van der Waals surface area contributed by atoms with Crippen LogP contribution in [0.15, 0.2) is 41.8 Å². The molecule has 0 radical (unpaired) electrons. The van der Waals surface area contributed by atoms with Crippen molar-refractivity contribution in [2.24, 2.45) is 0 Å². The average molecular weight is 382 g/mol. The van der Waals surface area contributed by atoms with Crippen molar-refractivity contribution in [2.75, 3.05) is 6.54 Å². The van der Waals surface area contributed by atoms with Gasteiger partial charge in [0.1, 0.15) is 6.04 Å². The summed E-state index contributed by atoms with van der Waals surface area (Å²) in [6, 6.07) is 7.74. The third-order valence-corrected chi connectivity index (χ3v) is 5.13. The molecule has 0 bridgehead atoms. The molecule has 2 aromatic rings. The van der Waals surface area contributed by atoms with Crippen LogP contribution in [0.2, 0.25) is 0 Å². The minimum Gasteiger partial charge on any atom is -0.350 e. The summed E-state index contributed by atoms with van der Waals surface area (Å²) in [6.45, 7) is 0.485. The standard InChI is InChI=1S/C18H17F3N2O2S/c19-18(20,21)13-5-1-4-12(10-13)11-22-16(24)14-6-2-8-23(14)17(25)15-7-3-9-26-15/h1,3-5,7,9-10,14H,2,6,8,11H2,(H,22,24)/t14-/m1/s1. The van der Waals surface area contributed by atoms with E-state index < -0.39 is 17.8 Å². The summed E-state index contributed by atoms with van der Waals surface area (Å²) in [5.74, 6) is -0.526. The van der Waals surface area contributed by atoms with Gasteiger partial charge in [-0.3, -0.25) is 9.59 Å². The summed E-state index contributed by atoms with van der Waals surface area (Å²) in [4.78, 5) is 27.1. The van der Waals surface area contributed by atoms with Crippen molar-refractivity contribution < 1.29 is 22.8 Å². The SMILES string of the molecule is O=C(NCc1cccc(C(F)(F)F)c1)[C@H]1CCCN1C(=O)c1cccs1. The van der Waals surface area contributed by atoms with E-state index in [0.717, 1.165) is 18.6 Å². The largest absolute Gasteiger partial charge is 0.416 e. The molecule has 1 aliphatic rings. The second-order valence-electron chi connectivity index (χ2n) is 6.05. The Morgan fingerprint density at radius 3 is 2.73 bits per heavy atom. The number of alkyl halides is 3. The number of thiophene rings is 1. The number of benzene rings is 1. The monoisotopic (exact) mass is 382 g/mol. The van der Waals surface area contributed by atoms with E-state index in [1.807, 2.05) is 0 Å². The van der Waals surface area contributed by atoms with Gasteiger partial charge < -0.3 is 10.2 Å². The number of rotatable bonds is 4. The van der Waals surface area contributed by atoms with Crippen LogP contribution in [0, 0.1) is 0 Å². The number of nitrogens with one attached hydrogen (secondary N) is 1. The van der Waals surface area contributed by atoms with Crippen LogP contribution < -0.4 is 5.32 Å². The van der Waals surface area contributed by atoms with Crippen molar-refractivity contribution in [3.05, 3.63) is 57.8 Å². The van der Waals surface area contributed by atoms with Gasteiger partial charge in [0.15, 0.2) is 0 Å². The number of halogens is 3. The molecule has 1 aromatic heterocycles. The first-order valence-electron chi connectivity index (χ1n) is 8.14. The highest BCUT2D eigenvalue weighted by Gasteiger charge is 2.35. The van der Waals surface area contributed by atoms with Gasteiger partial charge in [-0.05, 0) is 42.0 Å². The fourth-order valence-electron chi connectivity index (χ4n) is 2.99. The van der Waals surface area contributed by atoms with Crippen molar-refractivity contribution in [1.29, 1.82) is 0 Å². The minimum atomic E-state index is -4.42. The van der Waals surface area contributed by atoms with Gasteiger partial charge in [-0.25, -0.2) is 0 Å². The smallest absolute Gasteiger partial charge is 0.350 e. The molecule has 0 spiro atoms. The third kappa shape index (κ3) is 4.07. The highest BCUT2D eigenvalue weighted by Crippen LogP contribution is 2.29. The Labute approximate surface area is 152 Å². The van der Waals surface area contributed by atoms with Crippen LogP contribution in [0.1, 0.15) is 33.6 Å². The van der Waals surface area contributed by atoms with E-state index in [-0.39, 0.29) is 18.4 Å². The summed E-state index contributed by atoms with van der Waals surface area (Å²) in [5.41, 5.74) is -0.387. The summed E-state index contributed by atoms with van der Waals surface area (Å²) in [6.07, 6.45) is -3.15. The number of hydrogen-bond donors (Lipinski definition) is 1. The lowest BCUT2D eigenvalue weighted by Crippen LogP contribution is -2.45. The van der Waals surface area contributed by atoms with Gasteiger partial charge in [-0.1, -0.05) is 18.2 Å². The fourth-order valence-corrected chi connectivity index (χ4v) is 3.67. The highest BCUT2D eigenvalue weighted by atomic mass is 32.1. The molecule has 1 N–H and O–H groups in total. The van der Waals surface area contributed by atoms with E-state index in [1.165, 1.54) is 28.4 Å². The highest BCUT2D eigenvalue weighted by molar-refractivity contribution is 7.12. The molecule has 3 rings (SSSR count). The van der Waals surface area contributed by atoms with Gasteiger partial charge in [-0.2, -0.15) is 13.2 Å². The van der Waals surface area contributed by atoms with Gasteiger partial charge in [0, 0.05) is 13.1 Å². The lowest BCUT2D eigenvalue weighted by atomic mass is 10.1. The summed E-state index contributed by atoms with van der Waals surface area (Å²) in [7, 11) is 0. The Bertz CT molecular complexity index is 790. The fraction of sp³-hybridized carbons (Fsp3) is 0.333. The molecule has 0 saturated carbocycles. The van der Waals surface area contributed by atoms with Crippen molar-refractivity contribution in [3.63, 3.8) is 0 Å². The first-order chi connectivity index (χ1) is 12.4. The van der Waals surface area contributed by atoms with Gasteiger partial charge in [0.05, 0.1) is 10.4 Å². The molecule has 8 heteroatoms. The van der Waals surface area contributed by atoms with E-state index in [2.05, 4.69) is 5.32 Å². The second kappa shape index (κ2) is 7.49. The molecule has 1 atom stereocenters. The number of nitrogens with zero attached hydrogens (tertiary/aromatic N) is 1. The molecule has 2 amide bonds. The van der Waals surface area contributed by atoms with Crippen molar-refractivity contribution >= 4 is 23.2 Å². The Morgan fingerprint density at radius 1 is 1.23 bits per heavy atom. The Balaban J connectivity index is 1.64. The van der Waals surface area contributed by atoms with E-state index in [0.29, 0.717) is 23.4 Å². The maximum Gasteiger partial charge on any atom is 0.416 e. The lowest BCUT2D eigenvalue weighted by Gasteiger charge is -2.23. The third-order valence-electron chi connectivity index (χ3n) is 4.27. The van der Waals surface area contributed by atoms with Crippen molar-refractivity contribution in [2.45, 2.75) is 31.6 Å². The van der Waals surface area contributed by atoms with E-state index in [1.54, 1.807) is 17.5 Å². The van der Waals surface area contributed by atoms with E-state index in [9.17, 15) is 22.8 Å². The van der Waals surface area contributed by atoms with Crippen molar-refractivity contribution in [3.8, 4) is 0 Å². The normalized spacial score (nSPS) is 17.3. The average Bonchev–Trinajstić information content (AvgIpc) is 3.30. The zero-order chi connectivity index (χ0) is 18.7. The van der Waals surface area contributed by atoms with Gasteiger partial charge >= 0.3 is 6.18 Å². The zero-order valence-corrected chi connectivity index (χ0v) is 14.6. The molecule has 0 aliphatic carbocycles. The molecule has 2 heterocycles. The first kappa shape index (κ1) is 18.4. The molecule has 1 aliphatic heterocycles. The molecule has 1 aromatic carbocycles. The molecule has 26 heavy (non-hydrogen) atoms. The van der Waals surface area contributed by atoms with E-state index in [4.69, 9.17) is 0 Å². The van der Waals surface area contributed by atoms with Crippen LogP contribution >= 0.6 is 11.3 Å². The van der Waals surface area contributed by atoms with Gasteiger partial charge in [0.2, 0.25) is 5.91 Å². The Kier molecular flexibility index (Phi) is 5.31. The molecular weight excluding hydrogens is 365 g/mol. The number of amides is 2. The summed E-state index contributed by atoms with van der Waals surface area (Å²) < 4.78 is 38.3. The van der Waals surface area contributed by atoms with Crippen LogP contribution in [0.4, 0.5) is 13.2 Å². The van der Waals surface area contributed by atoms with Crippen LogP contribution in [0.3, 0.4) is 0 Å². The van der Waals surface area contributed by atoms with Crippen LogP contribution in [0.5, 0.6) is 0 Å². The first-order valence-corrected chi connectivity index (χ1v) is 9.02. The number of hydrogen-bond acceptors (Lipinski definition) is 3. The summed E-state index contributed by atoms with van der Waals surface area (Å²) >= 11 is 1.32. The van der Waals surface area contributed by atoms with Crippen LogP contribution in [-0.4, -0.2) is 29.3 Å². The molecule has 0 unspecified atom stereocenters. The van der Waals surface area contributed by atoms with Crippen LogP contribution in [-0.2, 0) is 17.5 Å². The van der Waals surface area contributed by atoms with Gasteiger partial charge in [0.25, 0.3) is 5.91 Å². The van der Waals surface area contributed by atoms with Crippen LogP contribution in [0.25, 0.3) is 0 Å². The molecule has 4 nitrogen and oxygen atoms in total.